The second-order valence-electron chi connectivity index (χ2n) is 2.35. The van der Waals surface area contributed by atoms with Crippen LogP contribution in [0.2, 0.25) is 0 Å². The van der Waals surface area contributed by atoms with Gasteiger partial charge in [0.25, 0.3) is 0 Å². The topological polar surface area (TPSA) is 26.0 Å². The van der Waals surface area contributed by atoms with Gasteiger partial charge in [0, 0.05) is 12.1 Å². The van der Waals surface area contributed by atoms with Gasteiger partial charge in [-0.1, -0.05) is 0 Å². The average Bonchev–Trinajstić information content (AvgIpc) is 2.13. The first kappa shape index (κ1) is 10.0. The highest BCUT2D eigenvalue weighted by atomic mass is 19.2. The molecule has 13 heavy (non-hydrogen) atoms. The predicted molar refractivity (Wildman–Crippen MR) is 39.6 cm³/mol. The molecular formula is C7H4BF4N. The monoisotopic (exact) mass is 189 g/mol. The lowest BCUT2D eigenvalue weighted by atomic mass is 9.92. The lowest BCUT2D eigenvalue weighted by molar-refractivity contribution is 0.448. The highest BCUT2D eigenvalue weighted by Crippen LogP contribution is 2.16. The Morgan fingerprint density at radius 2 is 1.31 bits per heavy atom. The van der Waals surface area contributed by atoms with Crippen LogP contribution in [0.3, 0.4) is 0 Å². The molecule has 2 radical (unpaired) electrons. The maximum atomic E-state index is 12.8. The Balaban J connectivity index is 3.56. The molecule has 1 rings (SSSR count). The highest BCUT2D eigenvalue weighted by molar-refractivity contribution is 6.32. The first-order valence-electron chi connectivity index (χ1n) is 3.31. The first-order chi connectivity index (χ1) is 6.00. The smallest absolute Gasteiger partial charge is 0.165 e. The van der Waals surface area contributed by atoms with Crippen LogP contribution in [0.4, 0.5) is 17.6 Å². The van der Waals surface area contributed by atoms with Crippen molar-refractivity contribution in [3.8, 4) is 0 Å². The van der Waals surface area contributed by atoms with Crippen molar-refractivity contribution in [3.05, 3.63) is 28.8 Å². The van der Waals surface area contributed by atoms with Gasteiger partial charge < -0.3 is 5.73 Å². The molecule has 0 saturated heterocycles. The summed E-state index contributed by atoms with van der Waals surface area (Å²) in [6.45, 7) is -0.633. The third-order valence-electron chi connectivity index (χ3n) is 1.59. The summed E-state index contributed by atoms with van der Waals surface area (Å²) in [5.41, 5.74) is 2.87. The largest absolute Gasteiger partial charge is 0.326 e. The molecule has 68 valence electrons. The summed E-state index contributed by atoms with van der Waals surface area (Å²) in [7, 11) is 4.74. The molecule has 6 heteroatoms. The van der Waals surface area contributed by atoms with E-state index in [4.69, 9.17) is 13.6 Å². The van der Waals surface area contributed by atoms with Gasteiger partial charge in [-0.3, -0.25) is 0 Å². The molecule has 0 aliphatic heterocycles. The van der Waals surface area contributed by atoms with Gasteiger partial charge in [-0.05, 0) is 5.46 Å². The summed E-state index contributed by atoms with van der Waals surface area (Å²) in [6.07, 6.45) is 0. The summed E-state index contributed by atoms with van der Waals surface area (Å²) < 4.78 is 50.8. The number of benzene rings is 1. The molecule has 0 atom stereocenters. The zero-order valence-electron chi connectivity index (χ0n) is 6.37. The molecule has 0 aromatic heterocycles. The number of rotatable bonds is 1. The van der Waals surface area contributed by atoms with Gasteiger partial charge in [0.15, 0.2) is 23.3 Å². The Morgan fingerprint density at radius 1 is 0.923 bits per heavy atom. The normalized spacial score (nSPS) is 10.5. The Morgan fingerprint density at radius 3 is 1.62 bits per heavy atom. The van der Waals surface area contributed by atoms with E-state index < -0.39 is 40.8 Å². The minimum Gasteiger partial charge on any atom is -0.326 e. The zero-order chi connectivity index (χ0) is 10.2. The van der Waals surface area contributed by atoms with E-state index in [2.05, 4.69) is 0 Å². The molecule has 0 unspecified atom stereocenters. The van der Waals surface area contributed by atoms with Gasteiger partial charge in [-0.2, -0.15) is 0 Å². The van der Waals surface area contributed by atoms with Crippen LogP contribution in [0, 0.1) is 23.3 Å². The lowest BCUT2D eigenvalue weighted by Gasteiger charge is -2.07. The Labute approximate surface area is 73.0 Å². The van der Waals surface area contributed by atoms with Gasteiger partial charge in [0.1, 0.15) is 7.85 Å². The summed E-state index contributed by atoms with van der Waals surface area (Å²) in [6, 6.07) is 0. The van der Waals surface area contributed by atoms with Gasteiger partial charge in [0.2, 0.25) is 0 Å². The number of nitrogens with two attached hydrogens (primary N) is 1. The Hall–Kier alpha value is -1.04. The molecular weight excluding hydrogens is 185 g/mol. The molecule has 1 aromatic carbocycles. The molecule has 1 nitrogen and oxygen atoms in total. The quantitative estimate of drug-likeness (QED) is 0.388. The van der Waals surface area contributed by atoms with E-state index in [-0.39, 0.29) is 0 Å². The average molecular weight is 189 g/mol. The van der Waals surface area contributed by atoms with Crippen LogP contribution < -0.4 is 11.2 Å². The van der Waals surface area contributed by atoms with Crippen molar-refractivity contribution in [2.45, 2.75) is 6.54 Å². The fourth-order valence-corrected chi connectivity index (χ4v) is 0.873. The SMILES string of the molecule is [B]c1c(F)c(F)c(CN)c(F)c1F. The summed E-state index contributed by atoms with van der Waals surface area (Å²) in [5, 5.41) is 0. The van der Waals surface area contributed by atoms with Crippen LogP contribution in [0.15, 0.2) is 0 Å². The van der Waals surface area contributed by atoms with Crippen molar-refractivity contribution in [1.29, 1.82) is 0 Å². The predicted octanol–water partition coefficient (Wildman–Crippen LogP) is 0.496. The van der Waals surface area contributed by atoms with E-state index in [1.807, 2.05) is 0 Å². The molecule has 0 bridgehead atoms. The molecule has 0 spiro atoms. The fraction of sp³-hybridized carbons (Fsp3) is 0.143. The zero-order valence-corrected chi connectivity index (χ0v) is 6.37. The van der Waals surface area contributed by atoms with Gasteiger partial charge in [-0.15, -0.1) is 0 Å². The molecule has 0 amide bonds. The number of hydrogen-bond donors (Lipinski definition) is 1. The van der Waals surface area contributed by atoms with Crippen molar-refractivity contribution in [2.75, 3.05) is 0 Å². The van der Waals surface area contributed by atoms with Crippen molar-refractivity contribution in [2.24, 2.45) is 5.73 Å². The number of halogens is 4. The molecule has 0 aliphatic rings. The summed E-state index contributed by atoms with van der Waals surface area (Å²) >= 11 is 0. The molecule has 0 aliphatic carbocycles. The van der Waals surface area contributed by atoms with Crippen molar-refractivity contribution < 1.29 is 17.6 Å². The second-order valence-corrected chi connectivity index (χ2v) is 2.35. The van der Waals surface area contributed by atoms with Crippen molar-refractivity contribution in [3.63, 3.8) is 0 Å². The third kappa shape index (κ3) is 1.41. The Bertz CT molecular complexity index is 324. The van der Waals surface area contributed by atoms with Gasteiger partial charge >= 0.3 is 0 Å². The van der Waals surface area contributed by atoms with Crippen molar-refractivity contribution in [1.82, 2.24) is 0 Å². The maximum Gasteiger partial charge on any atom is 0.165 e. The van der Waals surface area contributed by atoms with Crippen LogP contribution in [0.25, 0.3) is 0 Å². The minimum atomic E-state index is -1.61. The molecule has 0 fully saturated rings. The van der Waals surface area contributed by atoms with E-state index in [0.717, 1.165) is 0 Å². The summed E-state index contributed by atoms with van der Waals surface area (Å²) in [4.78, 5) is 0. The van der Waals surface area contributed by atoms with E-state index in [9.17, 15) is 17.6 Å². The van der Waals surface area contributed by atoms with Crippen molar-refractivity contribution >= 4 is 13.3 Å². The fourth-order valence-electron chi connectivity index (χ4n) is 0.873. The molecule has 0 saturated carbocycles. The van der Waals surface area contributed by atoms with E-state index in [0.29, 0.717) is 0 Å². The first-order valence-corrected chi connectivity index (χ1v) is 3.31. The minimum absolute atomic E-state index is 0.633. The van der Waals surface area contributed by atoms with Crippen LogP contribution in [0.1, 0.15) is 5.56 Å². The van der Waals surface area contributed by atoms with Gasteiger partial charge in [-0.25, -0.2) is 17.6 Å². The molecule has 2 N–H and O–H groups in total. The summed E-state index contributed by atoms with van der Waals surface area (Å²) in [5.74, 6) is -6.31. The van der Waals surface area contributed by atoms with Crippen LogP contribution in [0.5, 0.6) is 0 Å². The standard InChI is InChI=1S/C7H4BF4N/c8-3-6(11)4(9)2(1-13)5(10)7(3)12/h1,13H2. The van der Waals surface area contributed by atoms with Crippen LogP contribution in [-0.2, 0) is 6.54 Å². The molecule has 1 aromatic rings. The van der Waals surface area contributed by atoms with E-state index >= 15 is 0 Å². The highest BCUT2D eigenvalue weighted by Gasteiger charge is 2.20. The Kier molecular flexibility index (Phi) is 2.61. The van der Waals surface area contributed by atoms with E-state index in [1.54, 1.807) is 0 Å². The van der Waals surface area contributed by atoms with Gasteiger partial charge in [0.05, 0.1) is 0 Å². The maximum absolute atomic E-state index is 12.8. The lowest BCUT2D eigenvalue weighted by Crippen LogP contribution is -2.22. The van der Waals surface area contributed by atoms with Crippen LogP contribution in [-0.4, -0.2) is 7.85 Å². The second kappa shape index (κ2) is 3.37. The molecule has 0 heterocycles. The van der Waals surface area contributed by atoms with E-state index in [1.165, 1.54) is 0 Å². The van der Waals surface area contributed by atoms with Crippen LogP contribution >= 0.6 is 0 Å². The third-order valence-corrected chi connectivity index (χ3v) is 1.59. The number of hydrogen-bond acceptors (Lipinski definition) is 1.